The Hall–Kier alpha value is -3.90. The molecule has 0 unspecified atom stereocenters. The number of rotatable bonds is 5. The first-order chi connectivity index (χ1) is 22.4. The van der Waals surface area contributed by atoms with E-state index in [9.17, 15) is 4.39 Å². The van der Waals surface area contributed by atoms with Crippen LogP contribution in [0.4, 0.5) is 4.39 Å². The molecule has 0 aliphatic carbocycles. The van der Waals surface area contributed by atoms with E-state index < -0.39 is 19.2 Å². The number of hydrogen-bond acceptors (Lipinski definition) is 3. The fourth-order valence-corrected chi connectivity index (χ4v) is 9.25. The third-order valence-corrected chi connectivity index (χ3v) is 12.6. The zero-order chi connectivity index (χ0) is 33.3. The smallest absolute Gasteiger partial charge is 0.123 e. The number of fused-ring (bicyclic) bond motifs is 3. The molecule has 0 amide bonds. The van der Waals surface area contributed by atoms with Crippen LogP contribution in [0.15, 0.2) is 114 Å². The molecule has 0 saturated carbocycles. The predicted molar refractivity (Wildman–Crippen MR) is 191 cm³/mol. The van der Waals surface area contributed by atoms with Crippen molar-refractivity contribution in [3.63, 3.8) is 0 Å². The summed E-state index contributed by atoms with van der Waals surface area (Å²) in [6.45, 7) is 5.91. The Labute approximate surface area is 294 Å². The van der Waals surface area contributed by atoms with Crippen molar-refractivity contribution in [3.8, 4) is 33.6 Å². The van der Waals surface area contributed by atoms with Crippen molar-refractivity contribution in [2.75, 3.05) is 0 Å². The van der Waals surface area contributed by atoms with Gasteiger partial charge in [-0.1, -0.05) is 60.7 Å². The van der Waals surface area contributed by atoms with Gasteiger partial charge in [-0.2, -0.15) is 0 Å². The second-order valence-corrected chi connectivity index (χ2v) is 23.3. The van der Waals surface area contributed by atoms with Crippen LogP contribution in [0.3, 0.4) is 0 Å². The summed E-state index contributed by atoms with van der Waals surface area (Å²) in [5, 5.41) is 1.99. The van der Waals surface area contributed by atoms with Crippen LogP contribution in [-0.4, -0.2) is 23.2 Å². The average Bonchev–Trinajstić information content (AvgIpc) is 3.43. The van der Waals surface area contributed by atoms with Crippen molar-refractivity contribution < 1.29 is 30.3 Å². The molecule has 1 radical (unpaired) electrons. The van der Waals surface area contributed by atoms with Gasteiger partial charge in [0.05, 0.1) is 5.58 Å². The van der Waals surface area contributed by atoms with Crippen molar-refractivity contribution in [1.29, 1.82) is 0 Å². The van der Waals surface area contributed by atoms with Gasteiger partial charge in [-0.25, -0.2) is 4.39 Å². The van der Waals surface area contributed by atoms with Crippen molar-refractivity contribution in [1.82, 2.24) is 9.97 Å². The number of nitrogens with zero attached hydrogens (tertiary/aromatic N) is 2. The monoisotopic (exact) mass is 860 g/mol. The summed E-state index contributed by atoms with van der Waals surface area (Å²) >= 11 is -1.77. The van der Waals surface area contributed by atoms with Crippen LogP contribution < -0.4 is 4.40 Å². The molecule has 3 heterocycles. The fraction of sp³-hybridized carbons (Fsp3) is 0.171. The molecule has 0 N–H and O–H groups in total. The van der Waals surface area contributed by atoms with Crippen molar-refractivity contribution in [2.24, 2.45) is 0 Å². The van der Waals surface area contributed by atoms with Gasteiger partial charge >= 0.3 is 106 Å². The van der Waals surface area contributed by atoms with E-state index in [0.717, 1.165) is 61.1 Å². The summed E-state index contributed by atoms with van der Waals surface area (Å²) in [4.78, 5) is 9.10. The number of aryl methyl sites for hydroxylation is 1. The minimum absolute atomic E-state index is 0. The van der Waals surface area contributed by atoms with E-state index in [0.29, 0.717) is 0 Å². The van der Waals surface area contributed by atoms with E-state index in [1.54, 1.807) is 18.3 Å². The molecular weight excluding hydrogens is 820 g/mol. The molecule has 7 aromatic rings. The summed E-state index contributed by atoms with van der Waals surface area (Å²) in [5.41, 5.74) is 9.23. The predicted octanol–water partition coefficient (Wildman–Crippen LogP) is 10.8. The molecule has 4 aromatic carbocycles. The van der Waals surface area contributed by atoms with Gasteiger partial charge < -0.3 is 9.40 Å². The van der Waals surface area contributed by atoms with Gasteiger partial charge in [0.2, 0.25) is 0 Å². The average molecular weight is 859 g/mol. The molecule has 47 heavy (non-hydrogen) atoms. The van der Waals surface area contributed by atoms with Crippen LogP contribution in [-0.2, 0) is 20.1 Å². The Morgan fingerprint density at radius 2 is 1.57 bits per heavy atom. The van der Waals surface area contributed by atoms with Crippen molar-refractivity contribution >= 4 is 39.6 Å². The number of benzene rings is 4. The molecule has 7 rings (SSSR count). The minimum Gasteiger partial charge on any atom is -0.501 e. The van der Waals surface area contributed by atoms with Gasteiger partial charge in [-0.05, 0) is 47.0 Å². The Bertz CT molecular complexity index is 2190. The number of hydrogen-bond donors (Lipinski definition) is 0. The zero-order valence-electron chi connectivity index (χ0n) is 28.4. The van der Waals surface area contributed by atoms with Crippen LogP contribution in [0.1, 0.15) is 32.2 Å². The molecule has 0 bridgehead atoms. The number of halogens is 1. The van der Waals surface area contributed by atoms with E-state index in [-0.39, 0.29) is 25.9 Å². The van der Waals surface area contributed by atoms with E-state index in [2.05, 4.69) is 64.6 Å². The van der Waals surface area contributed by atoms with Gasteiger partial charge in [-0.3, -0.25) is 0 Å². The van der Waals surface area contributed by atoms with Gasteiger partial charge in [0.1, 0.15) is 11.4 Å². The van der Waals surface area contributed by atoms with Gasteiger partial charge in [-0.15, -0.1) is 18.2 Å². The van der Waals surface area contributed by atoms with Crippen LogP contribution in [0.2, 0.25) is 17.3 Å². The SMILES string of the molecule is Cc1cc(-c2[c-]cccc2)nc[c]1[Ge]([CH3])([CH3])[CH3].[2H]C(C)(C)c1ccnc(-c2[c-]ccc3c2oc2cc(-c4ccc(F)cc4)ccc23)c1.[Ir]. The normalized spacial score (nSPS) is 11.9. The minimum atomic E-state index is -1.77. The van der Waals surface area contributed by atoms with Gasteiger partial charge in [0.25, 0.3) is 0 Å². The number of furan rings is 1. The van der Waals surface area contributed by atoms with E-state index in [1.165, 1.54) is 22.1 Å². The summed E-state index contributed by atoms with van der Waals surface area (Å²) in [6.07, 6.45) is 3.80. The van der Waals surface area contributed by atoms with Gasteiger partial charge in [0, 0.05) is 33.1 Å². The molecule has 0 atom stereocenters. The number of aromatic nitrogens is 2. The molecular formula is C41H37FGeIrN2O-2. The van der Waals surface area contributed by atoms with Crippen LogP contribution in [0, 0.1) is 24.9 Å². The summed E-state index contributed by atoms with van der Waals surface area (Å²) < 4.78 is 29.3. The fourth-order valence-electron chi connectivity index (χ4n) is 5.67. The van der Waals surface area contributed by atoms with E-state index in [1.807, 2.05) is 74.5 Å². The Morgan fingerprint density at radius 1 is 0.809 bits per heavy atom. The molecule has 6 heteroatoms. The Balaban J connectivity index is 0.000000214. The van der Waals surface area contributed by atoms with Crippen LogP contribution in [0.25, 0.3) is 55.6 Å². The number of pyridine rings is 2. The molecule has 239 valence electrons. The van der Waals surface area contributed by atoms with Crippen molar-refractivity contribution in [2.45, 2.75) is 43.9 Å². The van der Waals surface area contributed by atoms with E-state index in [4.69, 9.17) is 5.79 Å². The first kappa shape index (κ1) is 33.0. The quantitative estimate of drug-likeness (QED) is 0.128. The second-order valence-electron chi connectivity index (χ2n) is 12.8. The van der Waals surface area contributed by atoms with Crippen LogP contribution >= 0.6 is 0 Å². The third kappa shape index (κ3) is 7.65. The molecule has 0 aliphatic rings. The Morgan fingerprint density at radius 3 is 2.26 bits per heavy atom. The molecule has 3 aromatic heterocycles. The maximum Gasteiger partial charge on any atom is 0.123 e. The van der Waals surface area contributed by atoms with Crippen molar-refractivity contribution in [3.05, 3.63) is 139 Å². The van der Waals surface area contributed by atoms with Crippen LogP contribution in [0.5, 0.6) is 0 Å². The summed E-state index contributed by atoms with van der Waals surface area (Å²) in [5.74, 6) is 6.23. The largest absolute Gasteiger partial charge is 0.501 e. The Kier molecular flexibility index (Phi) is 10.2. The molecule has 3 nitrogen and oxygen atoms in total. The topological polar surface area (TPSA) is 38.9 Å². The zero-order valence-corrected chi connectivity index (χ0v) is 31.9. The third-order valence-electron chi connectivity index (χ3n) is 8.11. The molecule has 0 aliphatic heterocycles. The molecule has 0 saturated heterocycles. The maximum absolute atomic E-state index is 13.3. The standard InChI is InChI=1S/C26H19FNO.C15H18GeN.Ir/c1-16(2)18-12-13-28-24(14-18)23-5-3-4-22-21-11-8-19(15-25(21)29-26(22)23)17-6-9-20(27)10-7-17;1-12-10-15(13-8-6-5-7-9-13)17-11-14(12)16(2,3)4;/h3-4,6-16H,1-2H3;5-8,10-11H,1-4H3;/q2*-1;/i16D;;. The summed E-state index contributed by atoms with van der Waals surface area (Å²) in [6, 6.07) is 36.8. The molecule has 0 fully saturated rings. The second kappa shape index (κ2) is 14.5. The van der Waals surface area contributed by atoms with E-state index >= 15 is 0 Å². The van der Waals surface area contributed by atoms with Gasteiger partial charge in [0.15, 0.2) is 0 Å². The first-order valence-electron chi connectivity index (χ1n) is 15.9. The molecule has 0 spiro atoms. The maximum atomic E-state index is 13.3. The summed E-state index contributed by atoms with van der Waals surface area (Å²) in [7, 11) is 0. The first-order valence-corrected chi connectivity index (χ1v) is 22.8.